The fourth-order valence-corrected chi connectivity index (χ4v) is 2.36. The first kappa shape index (κ1) is 14.3. The highest BCUT2D eigenvalue weighted by Gasteiger charge is 2.34. The van der Waals surface area contributed by atoms with Crippen molar-refractivity contribution in [2.45, 2.75) is 19.1 Å². The zero-order chi connectivity index (χ0) is 13.9. The van der Waals surface area contributed by atoms with E-state index in [0.717, 1.165) is 12.1 Å². The topological polar surface area (TPSA) is 46.0 Å². The van der Waals surface area contributed by atoms with Crippen LogP contribution in [-0.4, -0.2) is 52.2 Å². The molecule has 0 spiro atoms. The highest BCUT2D eigenvalue weighted by molar-refractivity contribution is 4.91. The van der Waals surface area contributed by atoms with Crippen molar-refractivity contribution in [3.63, 3.8) is 0 Å². The molecule has 0 aliphatic carbocycles. The molecule has 0 aromatic carbocycles. The van der Waals surface area contributed by atoms with Gasteiger partial charge in [0, 0.05) is 26.3 Å². The van der Waals surface area contributed by atoms with Gasteiger partial charge in [0.15, 0.2) is 0 Å². The molecule has 0 bridgehead atoms. The highest BCUT2D eigenvalue weighted by atomic mass is 19.4. The van der Waals surface area contributed by atoms with Gasteiger partial charge in [-0.25, -0.2) is 0 Å². The first-order chi connectivity index (χ1) is 8.92. The minimum atomic E-state index is -4.10. The number of hydrogen-bond donors (Lipinski definition) is 1. The third-order valence-electron chi connectivity index (χ3n) is 3.16. The van der Waals surface area contributed by atoms with Crippen molar-refractivity contribution < 1.29 is 13.2 Å². The van der Waals surface area contributed by atoms with E-state index in [1.165, 1.54) is 4.90 Å². The van der Waals surface area contributed by atoms with Crippen LogP contribution >= 0.6 is 0 Å². The largest absolute Gasteiger partial charge is 0.401 e. The second-order valence-electron chi connectivity index (χ2n) is 5.02. The second-order valence-corrected chi connectivity index (χ2v) is 5.02. The first-order valence-corrected chi connectivity index (χ1v) is 6.27. The minimum absolute atomic E-state index is 0.277. The molecule has 1 atom stereocenters. The molecule has 1 aliphatic rings. The zero-order valence-corrected chi connectivity index (χ0v) is 10.8. The number of rotatable bonds is 5. The van der Waals surface area contributed by atoms with E-state index in [9.17, 15) is 13.2 Å². The molecule has 0 amide bonds. The van der Waals surface area contributed by atoms with Crippen LogP contribution in [0.5, 0.6) is 0 Å². The molecule has 1 aromatic heterocycles. The molecule has 1 fully saturated rings. The Morgan fingerprint density at radius 2 is 2.26 bits per heavy atom. The lowest BCUT2D eigenvalue weighted by atomic mass is 10.1. The number of aromatic nitrogens is 3. The fraction of sp³-hybridized carbons (Fsp3) is 0.818. The van der Waals surface area contributed by atoms with Crippen LogP contribution in [0.25, 0.3) is 0 Å². The Bertz CT molecular complexity index is 403. The predicted octanol–water partition coefficient (Wildman–Crippen LogP) is 0.789. The maximum Gasteiger partial charge on any atom is 0.401 e. The Hall–Kier alpha value is -1.15. The molecule has 0 saturated carbocycles. The maximum absolute atomic E-state index is 12.2. The Morgan fingerprint density at radius 3 is 2.89 bits per heavy atom. The molecule has 19 heavy (non-hydrogen) atoms. The number of hydrogen-bond acceptors (Lipinski definition) is 4. The number of likely N-dealkylation sites (tertiary alicyclic amines) is 1. The normalized spacial score (nSPS) is 21.2. The van der Waals surface area contributed by atoms with Crippen molar-refractivity contribution in [1.29, 1.82) is 0 Å². The van der Waals surface area contributed by atoms with E-state index in [1.807, 2.05) is 6.20 Å². The lowest BCUT2D eigenvalue weighted by molar-refractivity contribution is -0.143. The van der Waals surface area contributed by atoms with Gasteiger partial charge in [-0.05, 0) is 25.4 Å². The van der Waals surface area contributed by atoms with Crippen LogP contribution < -0.4 is 5.32 Å². The van der Waals surface area contributed by atoms with Gasteiger partial charge in [0.25, 0.3) is 0 Å². The Balaban J connectivity index is 1.65. The molecule has 1 unspecified atom stereocenters. The summed E-state index contributed by atoms with van der Waals surface area (Å²) in [5, 5.41) is 11.0. The van der Waals surface area contributed by atoms with Crippen molar-refractivity contribution in [3.05, 3.63) is 11.9 Å². The molecule has 1 saturated heterocycles. The average Bonchev–Trinajstić information content (AvgIpc) is 2.86. The van der Waals surface area contributed by atoms with Crippen molar-refractivity contribution >= 4 is 0 Å². The van der Waals surface area contributed by atoms with E-state index in [2.05, 4.69) is 15.6 Å². The molecule has 108 valence electrons. The maximum atomic E-state index is 12.2. The molecule has 5 nitrogen and oxygen atoms in total. The molecule has 2 rings (SSSR count). The van der Waals surface area contributed by atoms with Gasteiger partial charge in [-0.3, -0.25) is 9.58 Å². The van der Waals surface area contributed by atoms with E-state index in [-0.39, 0.29) is 5.92 Å². The van der Waals surface area contributed by atoms with Gasteiger partial charge in [0.05, 0.1) is 12.2 Å². The number of nitrogens with one attached hydrogen (secondary N) is 1. The van der Waals surface area contributed by atoms with Crippen molar-refractivity contribution in [2.75, 3.05) is 26.2 Å². The zero-order valence-electron chi connectivity index (χ0n) is 10.8. The first-order valence-electron chi connectivity index (χ1n) is 6.27. The Labute approximate surface area is 109 Å². The molecule has 1 aromatic rings. The summed E-state index contributed by atoms with van der Waals surface area (Å²) in [7, 11) is 1.79. The van der Waals surface area contributed by atoms with Gasteiger partial charge in [-0.1, -0.05) is 5.21 Å². The highest BCUT2D eigenvalue weighted by Crippen LogP contribution is 2.22. The molecule has 1 aliphatic heterocycles. The predicted molar refractivity (Wildman–Crippen MR) is 63.3 cm³/mol. The van der Waals surface area contributed by atoms with Crippen LogP contribution in [0.15, 0.2) is 6.20 Å². The van der Waals surface area contributed by atoms with Crippen LogP contribution in [0, 0.1) is 5.92 Å². The fourth-order valence-electron chi connectivity index (χ4n) is 2.36. The van der Waals surface area contributed by atoms with Crippen LogP contribution in [-0.2, 0) is 13.6 Å². The van der Waals surface area contributed by atoms with Gasteiger partial charge in [-0.2, -0.15) is 13.2 Å². The standard InChI is InChI=1S/C11H18F3N5/c1-18-7-10(16-17-18)5-15-4-9-2-3-19(6-9)8-11(12,13)14/h7,9,15H,2-6,8H2,1H3. The van der Waals surface area contributed by atoms with Gasteiger partial charge < -0.3 is 5.32 Å². The van der Waals surface area contributed by atoms with E-state index in [1.54, 1.807) is 11.7 Å². The molecular formula is C11H18F3N5. The summed E-state index contributed by atoms with van der Waals surface area (Å²) in [5.41, 5.74) is 0.840. The third-order valence-corrected chi connectivity index (χ3v) is 3.16. The quantitative estimate of drug-likeness (QED) is 0.864. The van der Waals surface area contributed by atoms with E-state index >= 15 is 0 Å². The molecule has 1 N–H and O–H groups in total. The van der Waals surface area contributed by atoms with Gasteiger partial charge in [0.1, 0.15) is 0 Å². The molecule has 8 heteroatoms. The summed E-state index contributed by atoms with van der Waals surface area (Å²) < 4.78 is 38.3. The monoisotopic (exact) mass is 277 g/mol. The van der Waals surface area contributed by atoms with Crippen LogP contribution in [0.4, 0.5) is 13.2 Å². The lowest BCUT2D eigenvalue weighted by Gasteiger charge is -2.17. The summed E-state index contributed by atoms with van der Waals surface area (Å²) in [4.78, 5) is 1.47. The summed E-state index contributed by atoms with van der Waals surface area (Å²) in [5.74, 6) is 0.277. The Kier molecular flexibility index (Phi) is 4.41. The molecule has 0 radical (unpaired) electrons. The second kappa shape index (κ2) is 5.87. The summed E-state index contributed by atoms with van der Waals surface area (Å²) >= 11 is 0. The van der Waals surface area contributed by atoms with E-state index < -0.39 is 12.7 Å². The minimum Gasteiger partial charge on any atom is -0.311 e. The van der Waals surface area contributed by atoms with Crippen LogP contribution in [0.1, 0.15) is 12.1 Å². The number of halogens is 3. The molecular weight excluding hydrogens is 259 g/mol. The van der Waals surface area contributed by atoms with Crippen molar-refractivity contribution in [2.24, 2.45) is 13.0 Å². The van der Waals surface area contributed by atoms with Crippen molar-refractivity contribution in [3.8, 4) is 0 Å². The van der Waals surface area contributed by atoms with Crippen molar-refractivity contribution in [1.82, 2.24) is 25.2 Å². The number of aryl methyl sites for hydroxylation is 1. The van der Waals surface area contributed by atoms with Gasteiger partial charge >= 0.3 is 6.18 Å². The van der Waals surface area contributed by atoms with E-state index in [4.69, 9.17) is 0 Å². The lowest BCUT2D eigenvalue weighted by Crippen LogP contribution is -2.33. The summed E-state index contributed by atoms with van der Waals surface area (Å²) in [6.45, 7) is 1.55. The average molecular weight is 277 g/mol. The third kappa shape index (κ3) is 4.79. The number of alkyl halides is 3. The Morgan fingerprint density at radius 1 is 1.47 bits per heavy atom. The summed E-state index contributed by atoms with van der Waals surface area (Å²) in [6.07, 6.45) is -1.47. The van der Waals surface area contributed by atoms with Crippen LogP contribution in [0.3, 0.4) is 0 Å². The van der Waals surface area contributed by atoms with Crippen LogP contribution in [0.2, 0.25) is 0 Å². The van der Waals surface area contributed by atoms with Gasteiger partial charge in [0.2, 0.25) is 0 Å². The molecule has 2 heterocycles. The smallest absolute Gasteiger partial charge is 0.311 e. The van der Waals surface area contributed by atoms with Gasteiger partial charge in [-0.15, -0.1) is 5.10 Å². The SMILES string of the molecule is Cn1cc(CNCC2CCN(CC(F)(F)F)C2)nn1. The number of nitrogens with zero attached hydrogens (tertiary/aromatic N) is 4. The summed E-state index contributed by atoms with van der Waals surface area (Å²) in [6, 6.07) is 0. The van der Waals surface area contributed by atoms with E-state index in [0.29, 0.717) is 26.2 Å².